The van der Waals surface area contributed by atoms with Crippen molar-refractivity contribution >= 4 is 27.4 Å². The second kappa shape index (κ2) is 8.85. The molecule has 1 aliphatic carbocycles. The van der Waals surface area contributed by atoms with Gasteiger partial charge in [-0.25, -0.2) is 0 Å². The van der Waals surface area contributed by atoms with Gasteiger partial charge >= 0.3 is 0 Å². The summed E-state index contributed by atoms with van der Waals surface area (Å²) in [5, 5.41) is 10.4. The lowest BCUT2D eigenvalue weighted by atomic mass is 9.82. The SMILES string of the molecule is CS(=O)(=O)OCCCCCCOc1cc(O)c2c(c1N)C(=O)c1ccccc1C2=O. The van der Waals surface area contributed by atoms with Gasteiger partial charge < -0.3 is 15.6 Å². The van der Waals surface area contributed by atoms with Crippen LogP contribution in [0.15, 0.2) is 30.3 Å². The van der Waals surface area contributed by atoms with E-state index in [4.69, 9.17) is 10.5 Å². The third-order valence-electron chi connectivity index (χ3n) is 4.77. The first kappa shape index (κ1) is 21.8. The Bertz CT molecular complexity index is 1090. The van der Waals surface area contributed by atoms with Crippen LogP contribution in [-0.4, -0.2) is 44.6 Å². The lowest BCUT2D eigenvalue weighted by molar-refractivity contribution is 0.0977. The molecule has 3 N–H and O–H groups in total. The molecule has 0 atom stereocenters. The number of anilines is 1. The van der Waals surface area contributed by atoms with E-state index in [0.717, 1.165) is 19.1 Å². The maximum Gasteiger partial charge on any atom is 0.264 e. The summed E-state index contributed by atoms with van der Waals surface area (Å²) in [7, 11) is -3.41. The van der Waals surface area contributed by atoms with E-state index in [1.54, 1.807) is 24.3 Å². The summed E-state index contributed by atoms with van der Waals surface area (Å²) in [5.74, 6) is -1.08. The maximum atomic E-state index is 12.9. The molecule has 30 heavy (non-hydrogen) atoms. The molecule has 0 saturated carbocycles. The van der Waals surface area contributed by atoms with Crippen LogP contribution >= 0.6 is 0 Å². The first-order valence-electron chi connectivity index (χ1n) is 9.51. The van der Waals surface area contributed by atoms with Crippen LogP contribution in [-0.2, 0) is 14.3 Å². The quantitative estimate of drug-likeness (QED) is 0.228. The van der Waals surface area contributed by atoms with Crippen LogP contribution in [0.1, 0.15) is 57.5 Å². The zero-order chi connectivity index (χ0) is 21.9. The number of phenols is 1. The number of carbonyl (C=O) groups excluding carboxylic acids is 2. The van der Waals surface area contributed by atoms with Gasteiger partial charge in [0, 0.05) is 17.2 Å². The monoisotopic (exact) mass is 433 g/mol. The Hall–Kier alpha value is -2.91. The molecule has 0 bridgehead atoms. The van der Waals surface area contributed by atoms with Crippen LogP contribution in [0.4, 0.5) is 5.69 Å². The van der Waals surface area contributed by atoms with Crippen molar-refractivity contribution in [3.63, 3.8) is 0 Å². The number of aromatic hydroxyl groups is 1. The molecular formula is C21H23NO7S. The van der Waals surface area contributed by atoms with Crippen molar-refractivity contribution < 1.29 is 32.0 Å². The van der Waals surface area contributed by atoms with Gasteiger partial charge in [0.2, 0.25) is 0 Å². The molecule has 0 radical (unpaired) electrons. The van der Waals surface area contributed by atoms with E-state index in [-0.39, 0.29) is 52.7 Å². The average Bonchev–Trinajstić information content (AvgIpc) is 2.69. The van der Waals surface area contributed by atoms with Crippen molar-refractivity contribution in [1.29, 1.82) is 0 Å². The van der Waals surface area contributed by atoms with Crippen LogP contribution in [0.2, 0.25) is 0 Å². The molecule has 0 aliphatic heterocycles. The van der Waals surface area contributed by atoms with E-state index >= 15 is 0 Å². The van der Waals surface area contributed by atoms with Gasteiger partial charge in [-0.15, -0.1) is 0 Å². The van der Waals surface area contributed by atoms with Crippen LogP contribution in [0, 0.1) is 0 Å². The van der Waals surface area contributed by atoms with Crippen LogP contribution in [0.5, 0.6) is 11.5 Å². The first-order valence-corrected chi connectivity index (χ1v) is 11.3. The fourth-order valence-electron chi connectivity index (χ4n) is 3.34. The zero-order valence-electron chi connectivity index (χ0n) is 16.5. The van der Waals surface area contributed by atoms with Crippen LogP contribution in [0.3, 0.4) is 0 Å². The minimum atomic E-state index is -3.41. The number of ether oxygens (including phenoxy) is 1. The molecule has 2 aromatic rings. The zero-order valence-corrected chi connectivity index (χ0v) is 17.3. The van der Waals surface area contributed by atoms with Gasteiger partial charge in [0.25, 0.3) is 10.1 Å². The second-order valence-corrected chi connectivity index (χ2v) is 8.69. The van der Waals surface area contributed by atoms with Crippen molar-refractivity contribution in [3.05, 3.63) is 52.6 Å². The Labute approximate surface area is 174 Å². The minimum Gasteiger partial charge on any atom is -0.507 e. The molecule has 0 aromatic heterocycles. The third kappa shape index (κ3) is 4.63. The second-order valence-electron chi connectivity index (χ2n) is 7.05. The highest BCUT2D eigenvalue weighted by Gasteiger charge is 2.35. The highest BCUT2D eigenvalue weighted by molar-refractivity contribution is 7.85. The van der Waals surface area contributed by atoms with Crippen molar-refractivity contribution in [2.24, 2.45) is 0 Å². The molecule has 8 nitrogen and oxygen atoms in total. The molecule has 0 heterocycles. The summed E-state index contributed by atoms with van der Waals surface area (Å²) in [6.45, 7) is 0.428. The third-order valence-corrected chi connectivity index (χ3v) is 5.37. The number of nitrogen functional groups attached to an aromatic ring is 1. The average molecular weight is 433 g/mol. The van der Waals surface area contributed by atoms with Gasteiger partial charge in [-0.2, -0.15) is 8.42 Å². The first-order chi connectivity index (χ1) is 14.2. The number of fused-ring (bicyclic) bond motifs is 2. The summed E-state index contributed by atoms with van der Waals surface area (Å²) < 4.78 is 32.1. The summed E-state index contributed by atoms with van der Waals surface area (Å²) in [6.07, 6.45) is 3.80. The van der Waals surface area contributed by atoms with Crippen molar-refractivity contribution in [2.75, 3.05) is 25.2 Å². The summed E-state index contributed by atoms with van der Waals surface area (Å²) in [4.78, 5) is 25.6. The minimum absolute atomic E-state index is 0.0252. The number of carbonyl (C=O) groups is 2. The van der Waals surface area contributed by atoms with Gasteiger partial charge in [0.05, 0.1) is 36.3 Å². The fraction of sp³-hybridized carbons (Fsp3) is 0.333. The molecule has 0 unspecified atom stereocenters. The molecule has 160 valence electrons. The number of benzene rings is 2. The standard InChI is InChI=1S/C21H23NO7S/c1-30(26,27)29-11-7-3-2-6-10-28-16-12-15(23)17-18(19(16)22)21(25)14-9-5-4-8-13(14)20(17)24/h4-5,8-9,12,23H,2-3,6-7,10-11,22H2,1H3. The Balaban J connectivity index is 1.64. The Morgan fingerprint density at radius 3 is 2.10 bits per heavy atom. The molecule has 0 amide bonds. The van der Waals surface area contributed by atoms with Gasteiger partial charge in [-0.05, 0) is 19.3 Å². The van der Waals surface area contributed by atoms with Crippen molar-refractivity contribution in [2.45, 2.75) is 25.7 Å². The number of phenolic OH excluding ortho intramolecular Hbond substituents is 1. The Morgan fingerprint density at radius 2 is 1.50 bits per heavy atom. The van der Waals surface area contributed by atoms with E-state index in [1.165, 1.54) is 6.07 Å². The van der Waals surface area contributed by atoms with E-state index in [2.05, 4.69) is 4.18 Å². The number of hydrogen-bond donors (Lipinski definition) is 2. The molecule has 3 rings (SSSR count). The molecule has 1 aliphatic rings. The highest BCUT2D eigenvalue weighted by atomic mass is 32.2. The summed E-state index contributed by atoms with van der Waals surface area (Å²) >= 11 is 0. The Morgan fingerprint density at radius 1 is 0.933 bits per heavy atom. The van der Waals surface area contributed by atoms with Crippen LogP contribution < -0.4 is 10.5 Å². The van der Waals surface area contributed by atoms with E-state index in [0.29, 0.717) is 12.8 Å². The largest absolute Gasteiger partial charge is 0.507 e. The number of unbranched alkanes of at least 4 members (excludes halogenated alkanes) is 3. The normalized spacial score (nSPS) is 13.1. The van der Waals surface area contributed by atoms with Gasteiger partial charge in [-0.1, -0.05) is 30.7 Å². The van der Waals surface area contributed by atoms with Crippen molar-refractivity contribution in [3.8, 4) is 11.5 Å². The lowest BCUT2D eigenvalue weighted by Gasteiger charge is -2.21. The fourth-order valence-corrected chi connectivity index (χ4v) is 3.76. The van der Waals surface area contributed by atoms with Gasteiger partial charge in [-0.3, -0.25) is 13.8 Å². The molecule has 0 spiro atoms. The maximum absolute atomic E-state index is 12.9. The predicted octanol–water partition coefficient (Wildman–Crippen LogP) is 2.67. The molecule has 0 saturated heterocycles. The van der Waals surface area contributed by atoms with Gasteiger partial charge in [0.1, 0.15) is 11.5 Å². The lowest BCUT2D eigenvalue weighted by Crippen LogP contribution is -2.23. The highest BCUT2D eigenvalue weighted by Crippen LogP contribution is 2.41. The number of ketones is 2. The summed E-state index contributed by atoms with van der Waals surface area (Å²) in [5.41, 5.74) is 6.49. The number of nitrogens with two attached hydrogens (primary N) is 1. The smallest absolute Gasteiger partial charge is 0.264 e. The van der Waals surface area contributed by atoms with E-state index in [1.807, 2.05) is 0 Å². The summed E-state index contributed by atoms with van der Waals surface area (Å²) in [6, 6.07) is 7.66. The molecule has 2 aromatic carbocycles. The predicted molar refractivity (Wildman–Crippen MR) is 111 cm³/mol. The molecule has 0 fully saturated rings. The number of rotatable bonds is 9. The van der Waals surface area contributed by atoms with E-state index in [9.17, 15) is 23.1 Å². The Kier molecular flexibility index (Phi) is 6.42. The van der Waals surface area contributed by atoms with Gasteiger partial charge in [0.15, 0.2) is 11.6 Å². The molecule has 9 heteroatoms. The van der Waals surface area contributed by atoms with Crippen LogP contribution in [0.25, 0.3) is 0 Å². The van der Waals surface area contributed by atoms with E-state index < -0.39 is 21.7 Å². The topological polar surface area (TPSA) is 133 Å². The van der Waals surface area contributed by atoms with Crippen molar-refractivity contribution in [1.82, 2.24) is 0 Å². The number of hydrogen-bond acceptors (Lipinski definition) is 8. The molecular weight excluding hydrogens is 410 g/mol.